The summed E-state index contributed by atoms with van der Waals surface area (Å²) < 4.78 is 6.73. The monoisotopic (exact) mass is 178 g/mol. The van der Waals surface area contributed by atoms with E-state index in [2.05, 4.69) is 10.3 Å². The summed E-state index contributed by atoms with van der Waals surface area (Å²) in [4.78, 5) is 0. The molecule has 0 spiro atoms. The van der Waals surface area contributed by atoms with Crippen molar-refractivity contribution in [2.75, 3.05) is 5.73 Å². The van der Waals surface area contributed by atoms with Gasteiger partial charge in [0.05, 0.1) is 17.5 Å². The molecule has 2 heterocycles. The van der Waals surface area contributed by atoms with Crippen LogP contribution in [0.25, 0.3) is 11.3 Å². The third-order valence-corrected chi connectivity index (χ3v) is 1.86. The van der Waals surface area contributed by atoms with Gasteiger partial charge in [0.2, 0.25) is 0 Å². The Labute approximate surface area is 75.1 Å². The number of aryl methyl sites for hydroxylation is 2. The predicted octanol–water partition coefficient (Wildman–Crippen LogP) is 0.966. The minimum absolute atomic E-state index is 0.538. The molecule has 0 saturated carbocycles. The fourth-order valence-corrected chi connectivity index (χ4v) is 1.27. The second-order valence-corrected chi connectivity index (χ2v) is 2.91. The first-order valence-corrected chi connectivity index (χ1v) is 3.89. The zero-order chi connectivity index (χ0) is 9.42. The van der Waals surface area contributed by atoms with Gasteiger partial charge in [0, 0.05) is 13.2 Å². The van der Waals surface area contributed by atoms with Crippen molar-refractivity contribution >= 4 is 5.69 Å². The molecule has 0 fully saturated rings. The van der Waals surface area contributed by atoms with Gasteiger partial charge in [-0.25, -0.2) is 0 Å². The highest BCUT2D eigenvalue weighted by molar-refractivity contribution is 5.70. The molecule has 5 heteroatoms. The van der Waals surface area contributed by atoms with Crippen LogP contribution in [0, 0.1) is 6.92 Å². The molecule has 0 unspecified atom stereocenters. The molecule has 13 heavy (non-hydrogen) atoms. The summed E-state index contributed by atoms with van der Waals surface area (Å²) in [6.45, 7) is 1.90. The third-order valence-electron chi connectivity index (χ3n) is 1.86. The van der Waals surface area contributed by atoms with E-state index in [0.29, 0.717) is 11.4 Å². The van der Waals surface area contributed by atoms with Crippen LogP contribution in [0.4, 0.5) is 5.69 Å². The van der Waals surface area contributed by atoms with Crippen molar-refractivity contribution in [1.82, 2.24) is 14.9 Å². The van der Waals surface area contributed by atoms with Gasteiger partial charge in [-0.1, -0.05) is 5.16 Å². The smallest absolute Gasteiger partial charge is 0.193 e. The van der Waals surface area contributed by atoms with Gasteiger partial charge in [-0.05, 0) is 6.92 Å². The average Bonchev–Trinajstić information content (AvgIpc) is 2.58. The molecule has 0 radical (unpaired) electrons. The Kier molecular flexibility index (Phi) is 1.58. The van der Waals surface area contributed by atoms with Crippen LogP contribution < -0.4 is 5.73 Å². The highest BCUT2D eigenvalue weighted by atomic mass is 16.5. The largest absolute Gasteiger partial charge is 0.394 e. The number of hydrogen-bond acceptors (Lipinski definition) is 4. The maximum absolute atomic E-state index is 5.66. The number of nitrogen functional groups attached to an aromatic ring is 1. The van der Waals surface area contributed by atoms with Crippen LogP contribution in [0.15, 0.2) is 16.9 Å². The molecule has 0 aromatic carbocycles. The van der Waals surface area contributed by atoms with Crippen LogP contribution in [-0.2, 0) is 7.05 Å². The highest BCUT2D eigenvalue weighted by Crippen LogP contribution is 2.27. The molecule has 2 N–H and O–H groups in total. The van der Waals surface area contributed by atoms with Gasteiger partial charge in [0.25, 0.3) is 0 Å². The first kappa shape index (κ1) is 7.85. The second-order valence-electron chi connectivity index (χ2n) is 2.91. The molecule has 2 aromatic heterocycles. The number of anilines is 1. The van der Waals surface area contributed by atoms with Crippen LogP contribution in [0.5, 0.6) is 0 Å². The van der Waals surface area contributed by atoms with Crippen LogP contribution in [0.2, 0.25) is 0 Å². The summed E-state index contributed by atoms with van der Waals surface area (Å²) in [5.74, 6) is 0.589. The third kappa shape index (κ3) is 1.18. The molecule has 0 saturated heterocycles. The lowest BCUT2D eigenvalue weighted by Crippen LogP contribution is -1.86. The number of nitrogens with two attached hydrogens (primary N) is 1. The van der Waals surface area contributed by atoms with Crippen molar-refractivity contribution in [3.63, 3.8) is 0 Å². The number of aromatic nitrogens is 3. The van der Waals surface area contributed by atoms with Crippen LogP contribution in [0.1, 0.15) is 5.69 Å². The molecule has 0 amide bonds. The van der Waals surface area contributed by atoms with Crippen LogP contribution in [0.3, 0.4) is 0 Å². The molecular formula is C8H10N4O. The van der Waals surface area contributed by atoms with Gasteiger partial charge in [0.1, 0.15) is 5.69 Å². The summed E-state index contributed by atoms with van der Waals surface area (Å²) in [6.07, 6.45) is 3.34. The minimum atomic E-state index is 0.538. The number of nitrogens with zero attached hydrogens (tertiary/aromatic N) is 3. The van der Waals surface area contributed by atoms with Crippen molar-refractivity contribution in [3.05, 3.63) is 18.1 Å². The van der Waals surface area contributed by atoms with E-state index in [9.17, 15) is 0 Å². The van der Waals surface area contributed by atoms with E-state index >= 15 is 0 Å². The Morgan fingerprint density at radius 2 is 2.31 bits per heavy atom. The summed E-state index contributed by atoms with van der Waals surface area (Å²) in [6, 6.07) is 0. The zero-order valence-electron chi connectivity index (χ0n) is 7.48. The van der Waals surface area contributed by atoms with Crippen molar-refractivity contribution in [1.29, 1.82) is 0 Å². The second kappa shape index (κ2) is 2.62. The van der Waals surface area contributed by atoms with Crippen molar-refractivity contribution < 1.29 is 4.52 Å². The van der Waals surface area contributed by atoms with Crippen molar-refractivity contribution in [3.8, 4) is 11.3 Å². The summed E-state index contributed by atoms with van der Waals surface area (Å²) in [7, 11) is 1.85. The van der Waals surface area contributed by atoms with E-state index in [1.165, 1.54) is 6.20 Å². The average molecular weight is 178 g/mol. The summed E-state index contributed by atoms with van der Waals surface area (Å²) in [5.41, 5.74) is 7.96. The Balaban J connectivity index is 2.58. The lowest BCUT2D eigenvalue weighted by Gasteiger charge is -1.91. The van der Waals surface area contributed by atoms with Gasteiger partial charge in [-0.3, -0.25) is 4.68 Å². The maximum Gasteiger partial charge on any atom is 0.193 e. The molecule has 68 valence electrons. The molecule has 5 nitrogen and oxygen atoms in total. The van der Waals surface area contributed by atoms with Gasteiger partial charge < -0.3 is 10.3 Å². The topological polar surface area (TPSA) is 69.9 Å². The molecule has 2 rings (SSSR count). The Bertz CT molecular complexity index is 429. The first-order chi connectivity index (χ1) is 6.18. The van der Waals surface area contributed by atoms with E-state index in [1.807, 2.05) is 20.2 Å². The van der Waals surface area contributed by atoms with Gasteiger partial charge in [0.15, 0.2) is 5.76 Å². The van der Waals surface area contributed by atoms with Crippen LogP contribution >= 0.6 is 0 Å². The molecular weight excluding hydrogens is 168 g/mol. The van der Waals surface area contributed by atoms with E-state index in [4.69, 9.17) is 10.3 Å². The standard InChI is InChI=1S/C8H10N4O/c1-5-6(4-12(2)11-5)8-7(9)3-10-13-8/h3-4H,9H2,1-2H3. The van der Waals surface area contributed by atoms with E-state index in [1.54, 1.807) is 4.68 Å². The summed E-state index contributed by atoms with van der Waals surface area (Å²) >= 11 is 0. The minimum Gasteiger partial charge on any atom is -0.394 e. The van der Waals surface area contributed by atoms with E-state index in [-0.39, 0.29) is 0 Å². The SMILES string of the molecule is Cc1nn(C)cc1-c1oncc1N. The van der Waals surface area contributed by atoms with Gasteiger partial charge in [-0.2, -0.15) is 5.10 Å². The molecule has 0 aliphatic carbocycles. The molecule has 0 aliphatic heterocycles. The van der Waals surface area contributed by atoms with E-state index < -0.39 is 0 Å². The lowest BCUT2D eigenvalue weighted by atomic mass is 10.2. The first-order valence-electron chi connectivity index (χ1n) is 3.89. The fourth-order valence-electron chi connectivity index (χ4n) is 1.27. The van der Waals surface area contributed by atoms with Gasteiger partial charge in [-0.15, -0.1) is 0 Å². The Morgan fingerprint density at radius 3 is 2.77 bits per heavy atom. The lowest BCUT2D eigenvalue weighted by molar-refractivity contribution is 0.432. The van der Waals surface area contributed by atoms with E-state index in [0.717, 1.165) is 11.3 Å². The molecule has 0 aliphatic rings. The molecule has 0 atom stereocenters. The van der Waals surface area contributed by atoms with Crippen molar-refractivity contribution in [2.24, 2.45) is 7.05 Å². The zero-order valence-corrected chi connectivity index (χ0v) is 7.48. The maximum atomic E-state index is 5.66. The summed E-state index contributed by atoms with van der Waals surface area (Å²) in [5, 5.41) is 7.79. The predicted molar refractivity (Wildman–Crippen MR) is 47.9 cm³/mol. The molecule has 0 bridgehead atoms. The Hall–Kier alpha value is -1.78. The normalized spacial score (nSPS) is 10.6. The molecule has 2 aromatic rings. The quantitative estimate of drug-likeness (QED) is 0.706. The van der Waals surface area contributed by atoms with Crippen LogP contribution in [-0.4, -0.2) is 14.9 Å². The number of hydrogen-bond donors (Lipinski definition) is 1. The Morgan fingerprint density at radius 1 is 1.54 bits per heavy atom. The van der Waals surface area contributed by atoms with Gasteiger partial charge >= 0.3 is 0 Å². The highest BCUT2D eigenvalue weighted by Gasteiger charge is 2.12. The number of rotatable bonds is 1. The van der Waals surface area contributed by atoms with Crippen molar-refractivity contribution in [2.45, 2.75) is 6.92 Å². The fraction of sp³-hybridized carbons (Fsp3) is 0.250.